The molecule has 0 N–H and O–H groups in total. The number of hydrogen-bond donors (Lipinski definition) is 0. The first-order valence-corrected chi connectivity index (χ1v) is 16.0. The molecule has 2 amide bonds. The second-order valence-corrected chi connectivity index (χ2v) is 12.3. The molecule has 1 aromatic heterocycles. The highest BCUT2D eigenvalue weighted by molar-refractivity contribution is 6.07. The number of likely N-dealkylation sites (tertiary alicyclic amines) is 2. The summed E-state index contributed by atoms with van der Waals surface area (Å²) in [5.41, 5.74) is 5.86. The lowest BCUT2D eigenvalue weighted by Gasteiger charge is -2.29. The number of anilines is 1. The number of para-hydroxylation sites is 1. The van der Waals surface area contributed by atoms with E-state index < -0.39 is 0 Å². The molecule has 4 aromatic rings. The topological polar surface area (TPSA) is 67.2 Å². The van der Waals surface area contributed by atoms with Gasteiger partial charge in [-0.2, -0.15) is 0 Å². The summed E-state index contributed by atoms with van der Waals surface area (Å²) in [5.74, 6) is 1.34. The van der Waals surface area contributed by atoms with Crippen LogP contribution >= 0.6 is 0 Å². The van der Waals surface area contributed by atoms with E-state index in [1.54, 1.807) is 14.2 Å². The number of carbonyl (C=O) groups excluding carboxylic acids is 2. The third-order valence-electron chi connectivity index (χ3n) is 9.60. The molecule has 1 atom stereocenters. The molecule has 0 bridgehead atoms. The highest BCUT2D eigenvalue weighted by Crippen LogP contribution is 2.35. The van der Waals surface area contributed by atoms with Crippen LogP contribution in [0, 0.1) is 0 Å². The number of rotatable bonds is 7. The summed E-state index contributed by atoms with van der Waals surface area (Å²) < 4.78 is 13.3. The van der Waals surface area contributed by atoms with Gasteiger partial charge >= 0.3 is 0 Å². The molecule has 0 unspecified atom stereocenters. The molecule has 0 spiro atoms. The summed E-state index contributed by atoms with van der Waals surface area (Å²) in [6.07, 6.45) is 4.60. The fraction of sp³-hybridized carbons (Fsp3) is 0.351. The fourth-order valence-corrected chi connectivity index (χ4v) is 7.24. The van der Waals surface area contributed by atoms with Crippen molar-refractivity contribution >= 4 is 17.5 Å². The van der Waals surface area contributed by atoms with E-state index in [0.717, 1.165) is 72.8 Å². The summed E-state index contributed by atoms with van der Waals surface area (Å²) >= 11 is 0. The molecule has 0 radical (unpaired) electrons. The lowest BCUT2D eigenvalue weighted by molar-refractivity contribution is 0.0698. The summed E-state index contributed by atoms with van der Waals surface area (Å²) in [6.45, 7) is 4.92. The zero-order chi connectivity index (χ0) is 30.9. The summed E-state index contributed by atoms with van der Waals surface area (Å²) in [5, 5.41) is 0. The molecular weight excluding hydrogens is 564 g/mol. The summed E-state index contributed by atoms with van der Waals surface area (Å²) in [6, 6.07) is 25.6. The maximum absolute atomic E-state index is 14.3. The number of hydrogen-bond acceptors (Lipinski definition) is 5. The van der Waals surface area contributed by atoms with Gasteiger partial charge in [0.25, 0.3) is 11.8 Å². The van der Waals surface area contributed by atoms with Gasteiger partial charge in [-0.05, 0) is 98.4 Å². The molecule has 3 aliphatic heterocycles. The molecule has 2 saturated heterocycles. The van der Waals surface area contributed by atoms with Crippen molar-refractivity contribution in [1.29, 1.82) is 0 Å². The maximum atomic E-state index is 14.3. The van der Waals surface area contributed by atoms with Crippen LogP contribution in [-0.4, -0.2) is 72.6 Å². The number of fused-ring (bicyclic) bond motifs is 2. The quantitative estimate of drug-likeness (QED) is 0.256. The molecule has 232 valence electrons. The lowest BCUT2D eigenvalue weighted by atomic mass is 10.0. The van der Waals surface area contributed by atoms with Crippen LogP contribution in [0.15, 0.2) is 78.9 Å². The number of methoxy groups -OCH3 is 2. The van der Waals surface area contributed by atoms with Gasteiger partial charge in [-0.1, -0.05) is 30.3 Å². The Balaban J connectivity index is 1.18. The second kappa shape index (κ2) is 12.4. The molecule has 3 aliphatic rings. The van der Waals surface area contributed by atoms with Crippen molar-refractivity contribution in [3.8, 4) is 22.6 Å². The smallest absolute Gasteiger partial charge is 0.270 e. The highest BCUT2D eigenvalue weighted by Gasteiger charge is 2.34. The van der Waals surface area contributed by atoms with E-state index >= 15 is 0 Å². The number of ether oxygens (including phenoxy) is 2. The molecule has 8 nitrogen and oxygen atoms in total. The Morgan fingerprint density at radius 3 is 2.47 bits per heavy atom. The van der Waals surface area contributed by atoms with Crippen molar-refractivity contribution in [3.05, 3.63) is 101 Å². The van der Waals surface area contributed by atoms with Gasteiger partial charge in [-0.3, -0.25) is 9.59 Å². The summed E-state index contributed by atoms with van der Waals surface area (Å²) in [4.78, 5) is 34.8. The first kappa shape index (κ1) is 29.2. The van der Waals surface area contributed by atoms with Crippen molar-refractivity contribution in [2.45, 2.75) is 44.8 Å². The third kappa shape index (κ3) is 5.59. The van der Waals surface area contributed by atoms with Gasteiger partial charge < -0.3 is 28.7 Å². The van der Waals surface area contributed by atoms with Crippen LogP contribution < -0.4 is 14.4 Å². The van der Waals surface area contributed by atoms with Gasteiger partial charge in [0.1, 0.15) is 17.2 Å². The van der Waals surface area contributed by atoms with Crippen LogP contribution in [-0.2, 0) is 13.1 Å². The molecule has 2 fully saturated rings. The monoisotopic (exact) mass is 604 g/mol. The number of carbonyl (C=O) groups is 2. The van der Waals surface area contributed by atoms with Gasteiger partial charge in [0.2, 0.25) is 0 Å². The van der Waals surface area contributed by atoms with E-state index in [2.05, 4.69) is 20.4 Å². The van der Waals surface area contributed by atoms with Crippen LogP contribution in [0.3, 0.4) is 0 Å². The second-order valence-electron chi connectivity index (χ2n) is 12.3. The van der Waals surface area contributed by atoms with Gasteiger partial charge in [0.05, 0.1) is 27.3 Å². The molecule has 8 heteroatoms. The van der Waals surface area contributed by atoms with Crippen molar-refractivity contribution < 1.29 is 19.1 Å². The van der Waals surface area contributed by atoms with Gasteiger partial charge in [-0.25, -0.2) is 0 Å². The number of aromatic nitrogens is 1. The molecule has 7 rings (SSSR count). The molecule has 45 heavy (non-hydrogen) atoms. The average molecular weight is 605 g/mol. The van der Waals surface area contributed by atoms with Crippen molar-refractivity contribution in [2.75, 3.05) is 45.3 Å². The van der Waals surface area contributed by atoms with Crippen LogP contribution in [0.2, 0.25) is 0 Å². The molecule has 0 aliphatic carbocycles. The van der Waals surface area contributed by atoms with E-state index in [0.29, 0.717) is 30.1 Å². The van der Waals surface area contributed by atoms with E-state index in [4.69, 9.17) is 9.47 Å². The lowest BCUT2D eigenvalue weighted by Crippen LogP contribution is -2.43. The third-order valence-corrected chi connectivity index (χ3v) is 9.60. The largest absolute Gasteiger partial charge is 0.497 e. The van der Waals surface area contributed by atoms with Crippen molar-refractivity contribution in [2.24, 2.45) is 0 Å². The fourth-order valence-electron chi connectivity index (χ4n) is 7.24. The SMILES string of the molecule is COc1cccc(-c2ccc(C(=O)N3Cc4ccc(C(=O)N5CCC[C@H]5CN5CCCC5)n4Cc4ccccc43)cc2OC)c1. The first-order chi connectivity index (χ1) is 22.0. The Morgan fingerprint density at radius 2 is 1.64 bits per heavy atom. The highest BCUT2D eigenvalue weighted by atomic mass is 16.5. The minimum Gasteiger partial charge on any atom is -0.497 e. The first-order valence-electron chi connectivity index (χ1n) is 16.0. The Kier molecular flexibility index (Phi) is 8.06. The van der Waals surface area contributed by atoms with Gasteiger partial charge in [-0.15, -0.1) is 0 Å². The van der Waals surface area contributed by atoms with Gasteiger partial charge in [0, 0.05) is 41.6 Å². The van der Waals surface area contributed by atoms with E-state index in [-0.39, 0.29) is 17.9 Å². The Bertz CT molecular complexity index is 1720. The van der Waals surface area contributed by atoms with Gasteiger partial charge in [0.15, 0.2) is 0 Å². The van der Waals surface area contributed by atoms with E-state index in [1.807, 2.05) is 77.7 Å². The van der Waals surface area contributed by atoms with Crippen LogP contribution in [0.4, 0.5) is 5.69 Å². The Hall–Kier alpha value is -4.56. The van der Waals surface area contributed by atoms with Crippen molar-refractivity contribution in [1.82, 2.24) is 14.4 Å². The Labute approximate surface area is 264 Å². The summed E-state index contributed by atoms with van der Waals surface area (Å²) in [7, 11) is 3.26. The molecular formula is C37H40N4O4. The number of nitrogens with zero attached hydrogens (tertiary/aromatic N) is 4. The minimum atomic E-state index is -0.120. The molecule has 3 aromatic carbocycles. The zero-order valence-corrected chi connectivity index (χ0v) is 26.1. The standard InChI is InChI=1S/C37H40N4O4/c1-44-31-12-7-10-26(21-31)32-16-14-27(22-35(32)45-2)36(42)41-25-30-15-17-34(40(30)23-28-9-3-4-13-33(28)41)37(43)39-20-8-11-29(39)24-38-18-5-6-19-38/h3-4,7,9-10,12-17,21-22,29H,5-6,8,11,18-20,23-25H2,1-2H3/t29-/m0/s1. The van der Waals surface area contributed by atoms with Crippen molar-refractivity contribution in [3.63, 3.8) is 0 Å². The molecule has 0 saturated carbocycles. The van der Waals surface area contributed by atoms with E-state index in [9.17, 15) is 9.59 Å². The minimum absolute atomic E-state index is 0.0954. The molecule has 4 heterocycles. The average Bonchev–Trinajstić information content (AvgIpc) is 3.84. The van der Waals surface area contributed by atoms with Crippen LogP contribution in [0.5, 0.6) is 11.5 Å². The number of amides is 2. The normalized spacial score (nSPS) is 18.0. The predicted molar refractivity (Wildman–Crippen MR) is 175 cm³/mol. The van der Waals surface area contributed by atoms with Crippen LogP contribution in [0.1, 0.15) is 57.8 Å². The Morgan fingerprint density at radius 1 is 0.800 bits per heavy atom. The van der Waals surface area contributed by atoms with Crippen LogP contribution in [0.25, 0.3) is 11.1 Å². The predicted octanol–water partition coefficient (Wildman–Crippen LogP) is 6.08. The zero-order valence-electron chi connectivity index (χ0n) is 26.1. The van der Waals surface area contributed by atoms with E-state index in [1.165, 1.54) is 12.8 Å². The number of benzene rings is 3. The maximum Gasteiger partial charge on any atom is 0.270 e.